The fourth-order valence-corrected chi connectivity index (χ4v) is 16.9. The van der Waals surface area contributed by atoms with Gasteiger partial charge in [-0.25, -0.2) is 0 Å². The zero-order valence-electron chi connectivity index (χ0n) is 38.3. The van der Waals surface area contributed by atoms with E-state index in [1.54, 1.807) is 0 Å². The van der Waals surface area contributed by atoms with Crippen molar-refractivity contribution in [1.82, 2.24) is 13.7 Å². The third-order valence-corrected chi connectivity index (χ3v) is 19.6. The van der Waals surface area contributed by atoms with Gasteiger partial charge in [-0.2, -0.15) is 0 Å². The Labute approximate surface area is 407 Å². The monoisotopic (exact) mass is 907 g/mol. The molecule has 0 saturated heterocycles. The minimum atomic E-state index is -3.07. The van der Waals surface area contributed by atoms with Crippen molar-refractivity contribution in [3.05, 3.63) is 273 Å². The van der Waals surface area contributed by atoms with E-state index in [4.69, 9.17) is 0 Å². The van der Waals surface area contributed by atoms with Crippen molar-refractivity contribution in [1.29, 1.82) is 0 Å². The fourth-order valence-electron chi connectivity index (χ4n) is 12.0. The van der Waals surface area contributed by atoms with E-state index < -0.39 is 8.07 Å². The highest BCUT2D eigenvalue weighted by molar-refractivity contribution is 7.20. The van der Waals surface area contributed by atoms with E-state index in [0.717, 1.165) is 22.6 Å². The van der Waals surface area contributed by atoms with E-state index in [0.29, 0.717) is 0 Å². The van der Waals surface area contributed by atoms with Gasteiger partial charge in [0.05, 0.1) is 44.5 Å². The fraction of sp³-hybridized carbons (Fsp3) is 0. The molecule has 11 aromatic carbocycles. The van der Waals surface area contributed by atoms with Gasteiger partial charge in [0.2, 0.25) is 0 Å². The maximum atomic E-state index is 2.61. The smallest absolute Gasteiger partial charge is 0.181 e. The predicted octanol–water partition coefficient (Wildman–Crippen LogP) is 14.0. The molecule has 3 aromatic heterocycles. The molecule has 328 valence electrons. The lowest BCUT2D eigenvalue weighted by molar-refractivity contribution is 1.16. The van der Waals surface area contributed by atoms with Gasteiger partial charge in [-0.1, -0.05) is 218 Å². The normalized spacial score (nSPS) is 12.0. The third-order valence-electron chi connectivity index (χ3n) is 14.8. The Morgan fingerprint density at radius 3 is 1.30 bits per heavy atom. The van der Waals surface area contributed by atoms with E-state index >= 15 is 0 Å². The van der Waals surface area contributed by atoms with Crippen LogP contribution in [0.25, 0.3) is 93.6 Å². The van der Waals surface area contributed by atoms with Gasteiger partial charge in [0.15, 0.2) is 8.07 Å². The molecule has 0 N–H and O–H groups in total. The molecular weight excluding hydrogens is 863 g/mol. The number of fused-ring (bicyclic) bond motifs is 9. The zero-order valence-corrected chi connectivity index (χ0v) is 39.3. The molecule has 0 aliphatic rings. The summed E-state index contributed by atoms with van der Waals surface area (Å²) < 4.78 is 7.57. The topological polar surface area (TPSA) is 14.8 Å². The van der Waals surface area contributed by atoms with Crippen LogP contribution in [0.15, 0.2) is 273 Å². The second-order valence-corrected chi connectivity index (χ2v) is 22.1. The molecule has 0 atom stereocenters. The van der Waals surface area contributed by atoms with Crippen LogP contribution in [0.3, 0.4) is 0 Å². The number of nitrogens with zero attached hydrogens (tertiary/aromatic N) is 3. The van der Waals surface area contributed by atoms with Crippen LogP contribution in [0.4, 0.5) is 0 Å². The highest BCUT2D eigenvalue weighted by atomic mass is 28.3. The number of hydrogen-bond acceptors (Lipinski definition) is 0. The molecule has 14 rings (SSSR count). The zero-order chi connectivity index (χ0) is 46.2. The van der Waals surface area contributed by atoms with Crippen LogP contribution >= 0.6 is 0 Å². The first kappa shape index (κ1) is 40.1. The molecule has 0 aliphatic carbocycles. The molecule has 3 heterocycles. The quantitative estimate of drug-likeness (QED) is 0.107. The molecule has 70 heavy (non-hydrogen) atoms. The first-order valence-electron chi connectivity index (χ1n) is 24.2. The average molecular weight is 908 g/mol. The second-order valence-electron chi connectivity index (χ2n) is 18.4. The van der Waals surface area contributed by atoms with Crippen molar-refractivity contribution in [2.45, 2.75) is 0 Å². The molecule has 0 amide bonds. The predicted molar refractivity (Wildman–Crippen MR) is 299 cm³/mol. The first-order chi connectivity index (χ1) is 34.8. The lowest BCUT2D eigenvalue weighted by atomic mass is 10.0. The van der Waals surface area contributed by atoms with E-state index in [1.807, 2.05) is 0 Å². The number of benzene rings is 11. The van der Waals surface area contributed by atoms with Gasteiger partial charge in [-0.05, 0) is 80.9 Å². The van der Waals surface area contributed by atoms with Crippen LogP contribution in [-0.4, -0.2) is 21.8 Å². The largest absolute Gasteiger partial charge is 0.309 e. The number of rotatable bonds is 8. The van der Waals surface area contributed by atoms with Gasteiger partial charge < -0.3 is 13.7 Å². The molecule has 14 aromatic rings. The summed E-state index contributed by atoms with van der Waals surface area (Å²) >= 11 is 0. The van der Waals surface area contributed by atoms with Crippen molar-refractivity contribution in [3.63, 3.8) is 0 Å². The molecule has 4 heteroatoms. The number of para-hydroxylation sites is 5. The van der Waals surface area contributed by atoms with E-state index in [1.165, 1.54) is 91.8 Å². The highest BCUT2D eigenvalue weighted by Gasteiger charge is 2.43. The average Bonchev–Trinajstić information content (AvgIpc) is 4.08. The Morgan fingerprint density at radius 1 is 0.271 bits per heavy atom. The standard InChI is InChI=1S/C66H45N3Si/c1-5-23-46(24-6-1)51-31-13-17-36-57(51)68-60-39-20-16-34-54(60)56-45-47(43-44-61(56)68)67-62-40-22-41-63(69-58-37-18-14-32-52(58)53-33-15-19-38-59(53)69)65(62)55-35-21-42-64(66(55)67)70(48-25-7-2-8-26-48,49-27-9-3-10-28-49)50-29-11-4-12-30-50/h1-45H. The van der Waals surface area contributed by atoms with Crippen molar-refractivity contribution in [2.24, 2.45) is 0 Å². The third kappa shape index (κ3) is 5.87. The summed E-state index contributed by atoms with van der Waals surface area (Å²) in [5.74, 6) is 0. The van der Waals surface area contributed by atoms with Gasteiger partial charge in [-0.15, -0.1) is 0 Å². The van der Waals surface area contributed by atoms with Crippen molar-refractivity contribution >= 4 is 94.2 Å². The van der Waals surface area contributed by atoms with E-state index in [-0.39, 0.29) is 0 Å². The molecule has 0 radical (unpaired) electrons. The molecule has 0 spiro atoms. The molecule has 3 nitrogen and oxygen atoms in total. The highest BCUT2D eigenvalue weighted by Crippen LogP contribution is 2.42. The van der Waals surface area contributed by atoms with Crippen LogP contribution < -0.4 is 20.7 Å². The minimum absolute atomic E-state index is 1.12. The Kier molecular flexibility index (Phi) is 9.23. The molecular formula is C66H45N3Si. The lowest BCUT2D eigenvalue weighted by Gasteiger charge is -2.35. The summed E-state index contributed by atoms with van der Waals surface area (Å²) in [6.45, 7) is 0. The van der Waals surface area contributed by atoms with Crippen molar-refractivity contribution < 1.29 is 0 Å². The molecule has 0 fully saturated rings. The minimum Gasteiger partial charge on any atom is -0.309 e. The van der Waals surface area contributed by atoms with Crippen molar-refractivity contribution in [2.75, 3.05) is 0 Å². The second kappa shape index (κ2) is 16.1. The van der Waals surface area contributed by atoms with Crippen LogP contribution in [0.2, 0.25) is 0 Å². The van der Waals surface area contributed by atoms with Crippen LogP contribution in [0.5, 0.6) is 0 Å². The Bertz CT molecular complexity index is 4130. The van der Waals surface area contributed by atoms with Gasteiger partial charge in [0.25, 0.3) is 0 Å². The van der Waals surface area contributed by atoms with Crippen LogP contribution in [0.1, 0.15) is 0 Å². The van der Waals surface area contributed by atoms with Gasteiger partial charge in [0, 0.05) is 43.6 Å². The number of hydrogen-bond donors (Lipinski definition) is 0. The summed E-state index contributed by atoms with van der Waals surface area (Å²) in [6, 6.07) is 101. The van der Waals surface area contributed by atoms with Crippen molar-refractivity contribution in [3.8, 4) is 28.2 Å². The van der Waals surface area contributed by atoms with Crippen LogP contribution in [0, 0.1) is 0 Å². The molecule has 0 aliphatic heterocycles. The molecule has 0 unspecified atom stereocenters. The maximum absolute atomic E-state index is 3.07. The summed E-state index contributed by atoms with van der Waals surface area (Å²) in [7, 11) is -3.07. The number of aromatic nitrogens is 3. The summed E-state index contributed by atoms with van der Waals surface area (Å²) in [6.07, 6.45) is 0. The SMILES string of the molecule is c1ccc(-c2ccccc2-n2c3ccccc3c3cc(-n4c5cccc(-n6c7ccccc7c7ccccc76)c5c5cccc([Si](c6ccccc6)(c6ccccc6)c6ccccc6)c54)ccc32)cc1. The maximum Gasteiger partial charge on any atom is 0.181 e. The van der Waals surface area contributed by atoms with E-state index in [9.17, 15) is 0 Å². The van der Waals surface area contributed by atoms with Crippen LogP contribution in [-0.2, 0) is 0 Å². The Hall–Kier alpha value is -8.96. The van der Waals surface area contributed by atoms with Gasteiger partial charge in [0.1, 0.15) is 0 Å². The van der Waals surface area contributed by atoms with E-state index in [2.05, 4.69) is 287 Å². The Balaban J connectivity index is 1.15. The summed E-state index contributed by atoms with van der Waals surface area (Å²) in [5, 5.41) is 12.7. The molecule has 0 bridgehead atoms. The lowest BCUT2D eigenvalue weighted by Crippen LogP contribution is -2.75. The van der Waals surface area contributed by atoms with Gasteiger partial charge >= 0.3 is 0 Å². The first-order valence-corrected chi connectivity index (χ1v) is 26.2. The summed E-state index contributed by atoms with van der Waals surface area (Å²) in [5.41, 5.74) is 13.0. The molecule has 0 saturated carbocycles. The van der Waals surface area contributed by atoms with Gasteiger partial charge in [-0.3, -0.25) is 0 Å². The summed E-state index contributed by atoms with van der Waals surface area (Å²) in [4.78, 5) is 0. The Morgan fingerprint density at radius 2 is 0.700 bits per heavy atom.